The molecule has 0 radical (unpaired) electrons. The van der Waals surface area contributed by atoms with Crippen molar-refractivity contribution in [3.63, 3.8) is 0 Å². The number of anilines is 1. The minimum Gasteiger partial charge on any atom is -0.475 e. The molecule has 5 aliphatic rings. The van der Waals surface area contributed by atoms with E-state index in [4.69, 9.17) is 9.72 Å². The lowest BCUT2D eigenvalue weighted by atomic mass is 9.87. The quantitative estimate of drug-likeness (QED) is 0.365. The summed E-state index contributed by atoms with van der Waals surface area (Å²) in [6, 6.07) is 5.84. The predicted octanol–water partition coefficient (Wildman–Crippen LogP) is 5.17. The van der Waals surface area contributed by atoms with E-state index in [1.165, 1.54) is 17.2 Å². The largest absolute Gasteiger partial charge is 0.475 e. The number of ether oxygens (including phenoxy) is 1. The van der Waals surface area contributed by atoms with Crippen molar-refractivity contribution in [2.45, 2.75) is 75.4 Å². The van der Waals surface area contributed by atoms with E-state index in [0.29, 0.717) is 53.3 Å². The van der Waals surface area contributed by atoms with Gasteiger partial charge in [-0.05, 0) is 100 Å². The predicted molar refractivity (Wildman–Crippen MR) is 166 cm³/mol. The van der Waals surface area contributed by atoms with Gasteiger partial charge in [0.25, 0.3) is 0 Å². The summed E-state index contributed by atoms with van der Waals surface area (Å²) in [7, 11) is 0. The van der Waals surface area contributed by atoms with Crippen molar-refractivity contribution in [3.8, 4) is 23.1 Å². The van der Waals surface area contributed by atoms with E-state index in [2.05, 4.69) is 27.4 Å². The molecule has 8 nitrogen and oxygen atoms in total. The minimum absolute atomic E-state index is 0.00882. The SMILES string of the molecule is C=CC(=O)N1CC[C@@H]2[C@H]1CN2c1c(C#N)c(OCC23CCCN2CCC3)nc2cc(-c3cncc4c3CCCC4)c(F)cc12. The Labute approximate surface area is 257 Å². The Balaban J connectivity index is 1.25. The first-order chi connectivity index (χ1) is 21.5. The van der Waals surface area contributed by atoms with Crippen molar-refractivity contribution in [3.05, 3.63) is 59.7 Å². The van der Waals surface area contributed by atoms with Crippen molar-refractivity contribution >= 4 is 22.5 Å². The second-order valence-electron chi connectivity index (χ2n) is 13.2. The normalized spacial score (nSPS) is 23.5. The van der Waals surface area contributed by atoms with Crippen LogP contribution < -0.4 is 9.64 Å². The first-order valence-corrected chi connectivity index (χ1v) is 16.1. The van der Waals surface area contributed by atoms with Crippen LogP contribution >= 0.6 is 0 Å². The van der Waals surface area contributed by atoms with Crippen LogP contribution in [0.1, 0.15) is 61.6 Å². The number of pyridine rings is 2. The van der Waals surface area contributed by atoms with Gasteiger partial charge in [0.1, 0.15) is 24.1 Å². The fraction of sp³-hybridized carbons (Fsp3) is 0.486. The molecule has 2 atom stereocenters. The molecule has 44 heavy (non-hydrogen) atoms. The monoisotopic (exact) mass is 592 g/mol. The lowest BCUT2D eigenvalue weighted by Gasteiger charge is -2.48. The molecule has 1 aliphatic carbocycles. The molecule has 0 saturated carbocycles. The lowest BCUT2D eigenvalue weighted by Crippen LogP contribution is -2.63. The number of benzene rings is 1. The highest BCUT2D eigenvalue weighted by molar-refractivity contribution is 5.99. The number of aryl methyl sites for hydroxylation is 1. The number of amides is 1. The first kappa shape index (κ1) is 27.5. The Morgan fingerprint density at radius 3 is 2.73 bits per heavy atom. The number of fused-ring (bicyclic) bond motifs is 4. The zero-order chi connectivity index (χ0) is 30.0. The van der Waals surface area contributed by atoms with Gasteiger partial charge in [-0.25, -0.2) is 9.37 Å². The molecule has 9 heteroatoms. The summed E-state index contributed by atoms with van der Waals surface area (Å²) in [5.41, 5.74) is 5.26. The highest BCUT2D eigenvalue weighted by Gasteiger charge is 2.50. The molecule has 4 fully saturated rings. The Bertz CT molecular complexity index is 1720. The van der Waals surface area contributed by atoms with Gasteiger partial charge in [-0.15, -0.1) is 0 Å². The molecule has 1 amide bonds. The zero-order valence-electron chi connectivity index (χ0n) is 25.0. The van der Waals surface area contributed by atoms with Crippen molar-refractivity contribution in [2.75, 3.05) is 37.7 Å². The molecule has 0 bridgehead atoms. The highest BCUT2D eigenvalue weighted by Crippen LogP contribution is 2.46. The van der Waals surface area contributed by atoms with Crippen LogP contribution in [-0.4, -0.2) is 76.1 Å². The third-order valence-electron chi connectivity index (χ3n) is 11.0. The minimum atomic E-state index is -0.350. The van der Waals surface area contributed by atoms with Gasteiger partial charge in [0.2, 0.25) is 11.8 Å². The molecule has 0 N–H and O–H groups in total. The average molecular weight is 593 g/mol. The van der Waals surface area contributed by atoms with Crippen LogP contribution in [0.4, 0.5) is 10.1 Å². The Morgan fingerprint density at radius 1 is 1.11 bits per heavy atom. The van der Waals surface area contributed by atoms with Crippen LogP contribution in [0.3, 0.4) is 0 Å². The number of rotatable bonds is 6. The summed E-state index contributed by atoms with van der Waals surface area (Å²) in [4.78, 5) is 28.5. The number of aromatic nitrogens is 2. The molecule has 226 valence electrons. The van der Waals surface area contributed by atoms with Crippen molar-refractivity contribution in [1.82, 2.24) is 19.8 Å². The molecular weight excluding hydrogens is 555 g/mol. The van der Waals surface area contributed by atoms with E-state index in [-0.39, 0.29) is 29.3 Å². The summed E-state index contributed by atoms with van der Waals surface area (Å²) in [5.74, 6) is -0.111. The second-order valence-corrected chi connectivity index (χ2v) is 13.2. The first-order valence-electron chi connectivity index (χ1n) is 16.1. The van der Waals surface area contributed by atoms with Crippen LogP contribution in [0.2, 0.25) is 0 Å². The number of likely N-dealkylation sites (tertiary alicyclic amines) is 1. The molecule has 4 aliphatic heterocycles. The summed E-state index contributed by atoms with van der Waals surface area (Å²) >= 11 is 0. The van der Waals surface area contributed by atoms with E-state index < -0.39 is 0 Å². The fourth-order valence-corrected chi connectivity index (χ4v) is 8.78. The Morgan fingerprint density at radius 2 is 1.93 bits per heavy atom. The molecule has 0 spiro atoms. The third-order valence-corrected chi connectivity index (χ3v) is 11.0. The average Bonchev–Trinajstić information content (AvgIpc) is 3.72. The highest BCUT2D eigenvalue weighted by atomic mass is 19.1. The Hall–Kier alpha value is -4.03. The van der Waals surface area contributed by atoms with E-state index >= 15 is 4.39 Å². The van der Waals surface area contributed by atoms with E-state index in [0.717, 1.165) is 76.4 Å². The van der Waals surface area contributed by atoms with Crippen molar-refractivity contribution < 1.29 is 13.9 Å². The van der Waals surface area contributed by atoms with E-state index in [1.807, 2.05) is 17.2 Å². The third kappa shape index (κ3) is 4.14. The number of nitrogens with zero attached hydrogens (tertiary/aromatic N) is 6. The van der Waals surface area contributed by atoms with Crippen LogP contribution in [0.5, 0.6) is 5.88 Å². The zero-order valence-corrected chi connectivity index (χ0v) is 25.0. The van der Waals surface area contributed by atoms with Crippen LogP contribution in [-0.2, 0) is 17.6 Å². The van der Waals surface area contributed by atoms with Gasteiger partial charge in [-0.2, -0.15) is 5.26 Å². The number of hydrogen-bond donors (Lipinski definition) is 0. The summed E-state index contributed by atoms with van der Waals surface area (Å²) < 4.78 is 22.8. The maximum absolute atomic E-state index is 16.2. The van der Waals surface area contributed by atoms with Crippen LogP contribution in [0.25, 0.3) is 22.0 Å². The van der Waals surface area contributed by atoms with Gasteiger partial charge in [0.15, 0.2) is 0 Å². The van der Waals surface area contributed by atoms with Gasteiger partial charge in [-0.3, -0.25) is 14.7 Å². The maximum atomic E-state index is 16.2. The number of halogens is 1. The van der Waals surface area contributed by atoms with Crippen LogP contribution in [0.15, 0.2) is 37.2 Å². The number of hydrogen-bond acceptors (Lipinski definition) is 7. The van der Waals surface area contributed by atoms with Gasteiger partial charge in [-0.1, -0.05) is 6.58 Å². The molecule has 2 aromatic heterocycles. The van der Waals surface area contributed by atoms with E-state index in [9.17, 15) is 10.1 Å². The van der Waals surface area contributed by atoms with Gasteiger partial charge >= 0.3 is 0 Å². The number of carbonyl (C=O) groups is 1. The molecule has 6 heterocycles. The van der Waals surface area contributed by atoms with Gasteiger partial charge < -0.3 is 14.5 Å². The molecule has 1 aromatic carbocycles. The fourth-order valence-electron chi connectivity index (χ4n) is 8.78. The summed E-state index contributed by atoms with van der Waals surface area (Å²) in [6.07, 6.45) is 14.3. The summed E-state index contributed by atoms with van der Waals surface area (Å²) in [5, 5.41) is 11.2. The van der Waals surface area contributed by atoms with Gasteiger partial charge in [0.05, 0.1) is 28.8 Å². The lowest BCUT2D eigenvalue weighted by molar-refractivity contribution is -0.127. The van der Waals surface area contributed by atoms with Gasteiger partial charge in [0, 0.05) is 42.0 Å². The smallest absolute Gasteiger partial charge is 0.246 e. The number of carbonyl (C=O) groups excluding carboxylic acids is 1. The molecule has 0 unspecified atom stereocenters. The maximum Gasteiger partial charge on any atom is 0.246 e. The molecule has 3 aromatic rings. The van der Waals surface area contributed by atoms with Crippen molar-refractivity contribution in [1.29, 1.82) is 5.26 Å². The van der Waals surface area contributed by atoms with Crippen LogP contribution in [0, 0.1) is 17.1 Å². The summed E-state index contributed by atoms with van der Waals surface area (Å²) in [6.45, 7) is 7.52. The second kappa shape index (κ2) is 10.6. The molecular formula is C35H37FN6O2. The molecule has 4 saturated heterocycles. The Kier molecular flexibility index (Phi) is 6.60. The topological polar surface area (TPSA) is 85.6 Å². The number of nitriles is 1. The molecule has 8 rings (SSSR count). The van der Waals surface area contributed by atoms with E-state index in [1.54, 1.807) is 12.3 Å². The van der Waals surface area contributed by atoms with Crippen molar-refractivity contribution in [2.24, 2.45) is 0 Å². The standard InChI is InChI=1S/C35H37FN6O2/c1-2-32(43)41-14-9-30-31(41)20-42(30)33-25-15-28(36)24(27-19-38-18-22-7-3-4-8-23(22)27)16-29(25)39-34(26(33)17-37)44-21-35-10-5-12-40(35)13-6-11-35/h2,15-16,18-19,30-31H,1,3-14,20-21H2/t30-,31-/m1/s1.